The summed E-state index contributed by atoms with van der Waals surface area (Å²) in [6.07, 6.45) is 4.40. The minimum atomic E-state index is 0.462. The van der Waals surface area contributed by atoms with E-state index >= 15 is 0 Å². The van der Waals surface area contributed by atoms with Crippen molar-refractivity contribution < 1.29 is 4.74 Å². The molecule has 0 aromatic carbocycles. The van der Waals surface area contributed by atoms with Crippen molar-refractivity contribution in [2.24, 2.45) is 10.8 Å². The summed E-state index contributed by atoms with van der Waals surface area (Å²) >= 11 is 3.64. The Bertz CT molecular complexity index is 184. The van der Waals surface area contributed by atoms with Crippen LogP contribution in [0.3, 0.4) is 0 Å². The third-order valence-corrected chi connectivity index (χ3v) is 4.77. The lowest BCUT2D eigenvalue weighted by Crippen LogP contribution is -2.27. The van der Waals surface area contributed by atoms with Gasteiger partial charge in [-0.05, 0) is 24.7 Å². The molecule has 1 nitrogen and oxygen atoms in total. The van der Waals surface area contributed by atoms with Gasteiger partial charge in [0.05, 0.1) is 6.10 Å². The second kappa shape index (κ2) is 2.71. The summed E-state index contributed by atoms with van der Waals surface area (Å²) in [6, 6.07) is 0. The average Bonchev–Trinajstić information content (AvgIpc) is 2.52. The predicted molar refractivity (Wildman–Crippen MR) is 53.6 cm³/mol. The van der Waals surface area contributed by atoms with Crippen LogP contribution in [0.25, 0.3) is 0 Å². The summed E-state index contributed by atoms with van der Waals surface area (Å²) in [5.41, 5.74) is 0.967. The number of halogens is 1. The Labute approximate surface area is 83.0 Å². The lowest BCUT2D eigenvalue weighted by molar-refractivity contribution is 0.0463. The Morgan fingerprint density at radius 2 is 2.17 bits per heavy atom. The summed E-state index contributed by atoms with van der Waals surface area (Å²) in [4.78, 5) is 0. The Kier molecular flexibility index (Phi) is 2.04. The molecule has 2 atom stereocenters. The molecule has 0 aromatic heterocycles. The van der Waals surface area contributed by atoms with E-state index in [9.17, 15) is 0 Å². The highest BCUT2D eigenvalue weighted by Crippen LogP contribution is 2.67. The van der Waals surface area contributed by atoms with Crippen LogP contribution < -0.4 is 0 Å². The van der Waals surface area contributed by atoms with Crippen molar-refractivity contribution in [2.75, 3.05) is 11.9 Å². The monoisotopic (exact) mass is 232 g/mol. The van der Waals surface area contributed by atoms with E-state index in [4.69, 9.17) is 4.74 Å². The van der Waals surface area contributed by atoms with Crippen LogP contribution in [0.1, 0.15) is 33.1 Å². The van der Waals surface area contributed by atoms with Gasteiger partial charge >= 0.3 is 0 Å². The number of rotatable bonds is 2. The fraction of sp³-hybridized carbons (Fsp3) is 1.00. The second-order valence-electron chi connectivity index (χ2n) is 4.85. The van der Waals surface area contributed by atoms with Crippen molar-refractivity contribution >= 4 is 15.9 Å². The van der Waals surface area contributed by atoms with Crippen molar-refractivity contribution in [1.29, 1.82) is 0 Å². The molecule has 0 amide bonds. The van der Waals surface area contributed by atoms with E-state index in [2.05, 4.69) is 29.8 Å². The van der Waals surface area contributed by atoms with Gasteiger partial charge in [-0.1, -0.05) is 29.8 Å². The molecule has 1 heterocycles. The first-order valence-corrected chi connectivity index (χ1v) is 5.92. The van der Waals surface area contributed by atoms with Crippen LogP contribution in [0, 0.1) is 10.8 Å². The zero-order valence-electron chi connectivity index (χ0n) is 7.90. The largest absolute Gasteiger partial charge is 0.378 e. The van der Waals surface area contributed by atoms with Gasteiger partial charge in [-0.2, -0.15) is 0 Å². The molecular weight excluding hydrogens is 216 g/mol. The molecular formula is C10H17BrO. The maximum absolute atomic E-state index is 5.78. The predicted octanol–water partition coefficient (Wildman–Crippen LogP) is 2.98. The highest BCUT2D eigenvalue weighted by atomic mass is 79.9. The van der Waals surface area contributed by atoms with Crippen molar-refractivity contribution in [3.63, 3.8) is 0 Å². The van der Waals surface area contributed by atoms with Crippen molar-refractivity contribution in [3.8, 4) is 0 Å². The fourth-order valence-electron chi connectivity index (χ4n) is 2.62. The Hall–Kier alpha value is 0.440. The Balaban J connectivity index is 2.09. The zero-order chi connectivity index (χ0) is 8.82. The van der Waals surface area contributed by atoms with E-state index in [1.54, 1.807) is 0 Å². The maximum Gasteiger partial charge on any atom is 0.0645 e. The average molecular weight is 233 g/mol. The molecule has 2 rings (SSSR count). The summed E-state index contributed by atoms with van der Waals surface area (Å²) < 4.78 is 5.78. The summed E-state index contributed by atoms with van der Waals surface area (Å²) in [5, 5.41) is 1.11. The molecule has 0 N–H and O–H groups in total. The molecule has 2 aliphatic rings. The van der Waals surface area contributed by atoms with Crippen molar-refractivity contribution in [1.82, 2.24) is 0 Å². The van der Waals surface area contributed by atoms with E-state index < -0.39 is 0 Å². The molecule has 0 bridgehead atoms. The molecule has 1 aliphatic carbocycles. The number of alkyl halides is 1. The summed E-state index contributed by atoms with van der Waals surface area (Å²) in [7, 11) is 0. The van der Waals surface area contributed by atoms with Gasteiger partial charge in [0, 0.05) is 17.4 Å². The first kappa shape index (κ1) is 9.01. The molecule has 0 radical (unpaired) electrons. The molecule has 12 heavy (non-hydrogen) atoms. The minimum absolute atomic E-state index is 0.462. The van der Waals surface area contributed by atoms with Crippen LogP contribution in [0.2, 0.25) is 0 Å². The highest BCUT2D eigenvalue weighted by Gasteiger charge is 2.65. The van der Waals surface area contributed by atoms with Crippen molar-refractivity contribution in [2.45, 2.75) is 39.2 Å². The molecule has 2 heteroatoms. The third kappa shape index (κ3) is 1.07. The van der Waals surface area contributed by atoms with Crippen molar-refractivity contribution in [3.05, 3.63) is 0 Å². The van der Waals surface area contributed by atoms with Crippen LogP contribution in [-0.4, -0.2) is 18.0 Å². The van der Waals surface area contributed by atoms with E-state index in [1.807, 2.05) is 0 Å². The van der Waals surface area contributed by atoms with Crippen LogP contribution in [0.15, 0.2) is 0 Å². The van der Waals surface area contributed by atoms with E-state index in [1.165, 1.54) is 19.3 Å². The third-order valence-electron chi connectivity index (χ3n) is 3.76. The van der Waals surface area contributed by atoms with Crippen LogP contribution >= 0.6 is 15.9 Å². The maximum atomic E-state index is 5.78. The van der Waals surface area contributed by atoms with Gasteiger partial charge in [0.1, 0.15) is 0 Å². The number of hydrogen-bond donors (Lipinski definition) is 0. The fourth-order valence-corrected chi connectivity index (χ4v) is 3.94. The Morgan fingerprint density at radius 1 is 1.50 bits per heavy atom. The number of ether oxygens (including phenoxy) is 1. The van der Waals surface area contributed by atoms with Gasteiger partial charge in [0.15, 0.2) is 0 Å². The zero-order valence-corrected chi connectivity index (χ0v) is 9.49. The van der Waals surface area contributed by atoms with Gasteiger partial charge < -0.3 is 4.74 Å². The smallest absolute Gasteiger partial charge is 0.0645 e. The molecule has 0 aromatic rings. The van der Waals surface area contributed by atoms with Gasteiger partial charge in [0.25, 0.3) is 0 Å². The minimum Gasteiger partial charge on any atom is -0.378 e. The van der Waals surface area contributed by atoms with Gasteiger partial charge in [-0.3, -0.25) is 0 Å². The van der Waals surface area contributed by atoms with Gasteiger partial charge in [-0.15, -0.1) is 0 Å². The standard InChI is InChI=1S/C10H17BrO/c1-9(2)6-10(9,7-11)8-4-3-5-12-8/h8H,3-7H2,1-2H3. The molecule has 1 saturated heterocycles. The van der Waals surface area contributed by atoms with Crippen LogP contribution in [0.5, 0.6) is 0 Å². The van der Waals surface area contributed by atoms with Gasteiger partial charge in [-0.25, -0.2) is 0 Å². The summed E-state index contributed by atoms with van der Waals surface area (Å²) in [5.74, 6) is 0. The molecule has 0 spiro atoms. The highest BCUT2D eigenvalue weighted by molar-refractivity contribution is 9.09. The molecule has 2 unspecified atom stereocenters. The normalized spacial score (nSPS) is 44.8. The molecule has 2 fully saturated rings. The topological polar surface area (TPSA) is 9.23 Å². The lowest BCUT2D eigenvalue weighted by atomic mass is 9.90. The second-order valence-corrected chi connectivity index (χ2v) is 5.41. The summed E-state index contributed by atoms with van der Waals surface area (Å²) in [6.45, 7) is 5.70. The first-order chi connectivity index (χ1) is 5.62. The van der Waals surface area contributed by atoms with E-state index in [-0.39, 0.29) is 0 Å². The van der Waals surface area contributed by atoms with Crippen LogP contribution in [0.4, 0.5) is 0 Å². The van der Waals surface area contributed by atoms with E-state index in [0.29, 0.717) is 16.9 Å². The molecule has 1 saturated carbocycles. The quantitative estimate of drug-likeness (QED) is 0.666. The number of hydrogen-bond acceptors (Lipinski definition) is 1. The van der Waals surface area contributed by atoms with E-state index in [0.717, 1.165) is 11.9 Å². The molecule has 1 aliphatic heterocycles. The lowest BCUT2D eigenvalue weighted by Gasteiger charge is -2.24. The first-order valence-electron chi connectivity index (χ1n) is 4.80. The molecule has 70 valence electrons. The Morgan fingerprint density at radius 3 is 2.50 bits per heavy atom. The van der Waals surface area contributed by atoms with Crippen LogP contribution in [-0.2, 0) is 4.74 Å². The van der Waals surface area contributed by atoms with Gasteiger partial charge in [0.2, 0.25) is 0 Å². The SMILES string of the molecule is CC1(C)CC1(CBr)C1CCCO1.